The number of piperidine rings is 1. The molecule has 4 heteroatoms. The fraction of sp³-hybridized carbons (Fsp3) is 0.667. The molecule has 1 saturated heterocycles. The van der Waals surface area contributed by atoms with Crippen molar-refractivity contribution in [1.82, 2.24) is 4.98 Å². The van der Waals surface area contributed by atoms with E-state index in [-0.39, 0.29) is 14.6 Å². The maximum absolute atomic E-state index is 8.10. The highest BCUT2D eigenvalue weighted by Gasteiger charge is 2.17. The molecule has 72 valence electrons. The van der Waals surface area contributed by atoms with Crippen LogP contribution in [0.25, 0.3) is 0 Å². The van der Waals surface area contributed by atoms with Crippen LogP contribution < -0.4 is 4.90 Å². The molecule has 1 aromatic rings. The predicted molar refractivity (Wildman–Crippen MR) is 60.4 cm³/mol. The highest BCUT2D eigenvalue weighted by atomic mass is 79.9. The first kappa shape index (κ1) is 2.73. The Morgan fingerprint density at radius 2 is 2.62 bits per heavy atom. The van der Waals surface area contributed by atoms with Crippen molar-refractivity contribution in [3.63, 3.8) is 0 Å². The molecule has 2 heterocycles. The van der Waals surface area contributed by atoms with Crippen LogP contribution in [0.5, 0.6) is 0 Å². The lowest BCUT2D eigenvalue weighted by atomic mass is 10.00. The fourth-order valence-electron chi connectivity index (χ4n) is 0.727. The van der Waals surface area contributed by atoms with E-state index in [1.165, 1.54) is 5.38 Å². The summed E-state index contributed by atoms with van der Waals surface area (Å²) < 4.78 is 95.1. The molecule has 0 aromatic carbocycles. The van der Waals surface area contributed by atoms with Gasteiger partial charge in [-0.25, -0.2) is 4.98 Å². The number of nitrogens with zero attached hydrogens (tertiary/aromatic N) is 2. The highest BCUT2D eigenvalue weighted by Crippen LogP contribution is 2.27. The van der Waals surface area contributed by atoms with Gasteiger partial charge in [0.05, 0.1) is 0 Å². The molecule has 0 radical (unpaired) electrons. The molecular weight excluding hydrogens is 248 g/mol. The summed E-state index contributed by atoms with van der Waals surface area (Å²) in [5, 5.41) is 0.973. The number of aromatic nitrogens is 1. The average Bonchev–Trinajstić information content (AvgIpc) is 2.79. The summed E-state index contributed by atoms with van der Waals surface area (Å²) in [6, 6.07) is 0. The van der Waals surface area contributed by atoms with Gasteiger partial charge in [-0.1, -0.05) is 6.85 Å². The number of hydrogen-bond acceptors (Lipinski definition) is 3. The van der Waals surface area contributed by atoms with Crippen molar-refractivity contribution in [3.05, 3.63) is 9.98 Å². The first-order chi connectivity index (χ1) is 10.9. The molecule has 0 unspecified atom stereocenters. The Bertz CT molecular complexity index is 654. The van der Waals surface area contributed by atoms with Gasteiger partial charge in [0.2, 0.25) is 0 Å². The van der Waals surface area contributed by atoms with Gasteiger partial charge < -0.3 is 4.90 Å². The van der Waals surface area contributed by atoms with E-state index in [2.05, 4.69) is 20.9 Å². The molecule has 0 N–H and O–H groups in total. The van der Waals surface area contributed by atoms with Crippen LogP contribution in [0.15, 0.2) is 9.98 Å². The SMILES string of the molecule is [2H]C([2H])([2H])C1([2H])C([2H])([2H])C([2H])([2H])N(c2nc(Br)cs2)C([2H])([2H])C1([2H])[2H]. The quantitative estimate of drug-likeness (QED) is 0.781. The normalized spacial score (nSPS) is 51.9. The summed E-state index contributed by atoms with van der Waals surface area (Å²) in [5.41, 5.74) is 0. The first-order valence-corrected chi connectivity index (χ1v) is 4.96. The van der Waals surface area contributed by atoms with Crippen molar-refractivity contribution in [1.29, 1.82) is 0 Å². The minimum absolute atomic E-state index is 0.147. The monoisotopic (exact) mass is 272 g/mol. The Labute approximate surface area is 108 Å². The zero-order chi connectivity index (χ0) is 19.9. The Kier molecular flexibility index (Phi) is 0.832. The minimum Gasteiger partial charge on any atom is -0.348 e. The Morgan fingerprint density at radius 3 is 3.15 bits per heavy atom. The summed E-state index contributed by atoms with van der Waals surface area (Å²) >= 11 is 3.72. The third kappa shape index (κ3) is 2.23. The summed E-state index contributed by atoms with van der Waals surface area (Å²) in [6.07, 6.45) is -7.23. The maximum atomic E-state index is 8.10. The van der Waals surface area contributed by atoms with Crippen molar-refractivity contribution >= 4 is 32.4 Å². The predicted octanol–water partition coefficient (Wildman–Crippen LogP) is 3.14. The second-order valence-electron chi connectivity index (χ2n) is 2.14. The van der Waals surface area contributed by atoms with Crippen LogP contribution in [0.3, 0.4) is 0 Å². The van der Waals surface area contributed by atoms with Gasteiger partial charge in [0.1, 0.15) is 4.60 Å². The zero-order valence-corrected chi connectivity index (χ0v) is 8.66. The van der Waals surface area contributed by atoms with Crippen molar-refractivity contribution in [2.45, 2.75) is 19.6 Å². The van der Waals surface area contributed by atoms with Gasteiger partial charge in [-0.15, -0.1) is 11.3 Å². The fourth-order valence-corrected chi connectivity index (χ4v) is 1.90. The number of anilines is 1. The number of halogens is 1. The number of thiazole rings is 1. The molecule has 2 nitrogen and oxygen atoms in total. The van der Waals surface area contributed by atoms with Gasteiger partial charge in [0, 0.05) is 34.8 Å². The molecule has 2 rings (SSSR count). The number of rotatable bonds is 1. The van der Waals surface area contributed by atoms with E-state index in [0.29, 0.717) is 0 Å². The first-order valence-electron chi connectivity index (χ1n) is 9.29. The maximum Gasteiger partial charge on any atom is 0.186 e. The van der Waals surface area contributed by atoms with Crippen molar-refractivity contribution in [3.8, 4) is 0 Å². The van der Waals surface area contributed by atoms with Crippen LogP contribution in [0, 0.1) is 5.89 Å². The van der Waals surface area contributed by atoms with Crippen LogP contribution >= 0.6 is 27.3 Å². The number of hydrogen-bond donors (Lipinski definition) is 0. The van der Waals surface area contributed by atoms with Crippen molar-refractivity contribution < 1.29 is 16.4 Å². The topological polar surface area (TPSA) is 16.1 Å². The lowest BCUT2D eigenvalue weighted by molar-refractivity contribution is 0.438. The Morgan fingerprint density at radius 1 is 1.85 bits per heavy atom. The van der Waals surface area contributed by atoms with Gasteiger partial charge >= 0.3 is 0 Å². The smallest absolute Gasteiger partial charge is 0.186 e. The summed E-state index contributed by atoms with van der Waals surface area (Å²) in [7, 11) is 0. The van der Waals surface area contributed by atoms with Gasteiger partial charge in [-0.3, -0.25) is 0 Å². The van der Waals surface area contributed by atoms with E-state index >= 15 is 0 Å². The summed E-state index contributed by atoms with van der Waals surface area (Å²) in [6.45, 7) is -10.4. The van der Waals surface area contributed by atoms with E-state index in [9.17, 15) is 0 Å². The molecule has 1 aliphatic rings. The van der Waals surface area contributed by atoms with Gasteiger partial charge in [0.25, 0.3) is 0 Å². The van der Waals surface area contributed by atoms with E-state index in [1.54, 1.807) is 0 Å². The Hall–Kier alpha value is -0.0900. The van der Waals surface area contributed by atoms with Crippen LogP contribution in [0.1, 0.15) is 36.0 Å². The molecule has 0 amide bonds. The summed E-state index contributed by atoms with van der Waals surface area (Å²) in [4.78, 5) is 3.96. The van der Waals surface area contributed by atoms with Crippen LogP contribution in [-0.4, -0.2) is 18.0 Å². The van der Waals surface area contributed by atoms with Crippen LogP contribution in [0.4, 0.5) is 5.13 Å². The van der Waals surface area contributed by atoms with E-state index in [0.717, 1.165) is 11.3 Å². The molecular formula is C9H13BrN2S. The van der Waals surface area contributed by atoms with Gasteiger partial charge in [-0.05, 0) is 34.6 Å². The van der Waals surface area contributed by atoms with Crippen LogP contribution in [-0.2, 0) is 0 Å². The Balaban J connectivity index is 2.87. The molecule has 0 saturated carbocycles. The third-order valence-electron chi connectivity index (χ3n) is 1.24. The molecule has 13 heavy (non-hydrogen) atoms. The molecule has 1 fully saturated rings. The molecule has 0 aliphatic carbocycles. The van der Waals surface area contributed by atoms with Gasteiger partial charge in [0.15, 0.2) is 5.13 Å². The van der Waals surface area contributed by atoms with Gasteiger partial charge in [-0.2, -0.15) is 0 Å². The zero-order valence-electron chi connectivity index (χ0n) is 18.3. The van der Waals surface area contributed by atoms with E-state index in [4.69, 9.17) is 16.4 Å². The molecule has 0 atom stereocenters. The lowest BCUT2D eigenvalue weighted by Gasteiger charge is -2.29. The largest absolute Gasteiger partial charge is 0.348 e. The molecule has 1 aromatic heterocycles. The lowest BCUT2D eigenvalue weighted by Crippen LogP contribution is -2.32. The second kappa shape index (κ2) is 3.96. The molecule has 0 bridgehead atoms. The van der Waals surface area contributed by atoms with Crippen LogP contribution in [0.2, 0.25) is 0 Å². The average molecular weight is 273 g/mol. The van der Waals surface area contributed by atoms with E-state index in [1.807, 2.05) is 0 Å². The molecule has 0 spiro atoms. The minimum atomic E-state index is -3.72. The van der Waals surface area contributed by atoms with Crippen molar-refractivity contribution in [2.24, 2.45) is 5.89 Å². The summed E-state index contributed by atoms with van der Waals surface area (Å²) in [5.74, 6) is -3.72. The standard InChI is InChI=1S/C9H13BrN2S/c1-7-2-4-12(5-3-7)9-11-8(10)6-13-9/h6-7H,2-5H2,1H3/i1D3,2D2,3D2,4D2,5D2,7D. The van der Waals surface area contributed by atoms with E-state index < -0.39 is 38.5 Å². The molecule has 1 aliphatic heterocycles. The van der Waals surface area contributed by atoms with Crippen molar-refractivity contribution in [2.75, 3.05) is 17.9 Å². The second-order valence-corrected chi connectivity index (χ2v) is 3.79. The highest BCUT2D eigenvalue weighted by molar-refractivity contribution is 9.10. The third-order valence-corrected chi connectivity index (χ3v) is 2.78.